The Bertz CT molecular complexity index is 822. The molecule has 0 fully saturated rings. The molecule has 0 bridgehead atoms. The number of allylic oxidation sites excluding steroid dienone is 2. The van der Waals surface area contributed by atoms with Crippen LogP contribution in [0.4, 0.5) is 5.69 Å². The molecular weight excluding hydrogens is 326 g/mol. The van der Waals surface area contributed by atoms with E-state index in [2.05, 4.69) is 0 Å². The number of anilines is 1. The van der Waals surface area contributed by atoms with Gasteiger partial charge in [-0.1, -0.05) is 42.5 Å². The number of carbonyl (C=O) groups is 2. The molecule has 0 saturated heterocycles. The summed E-state index contributed by atoms with van der Waals surface area (Å²) in [5.74, 6) is -1.69. The van der Waals surface area contributed by atoms with Crippen LogP contribution in [-0.2, 0) is 14.3 Å². The maximum Gasteiger partial charge on any atom is 0.317 e. The molecule has 4 nitrogen and oxygen atoms in total. The Morgan fingerprint density at radius 3 is 2.27 bits per heavy atom. The van der Waals surface area contributed by atoms with E-state index in [1.54, 1.807) is 6.08 Å². The van der Waals surface area contributed by atoms with Gasteiger partial charge in [0, 0.05) is 25.7 Å². The van der Waals surface area contributed by atoms with Crippen LogP contribution in [0.2, 0.25) is 0 Å². The average Bonchev–Trinajstić information content (AvgIpc) is 2.67. The predicted octanol–water partition coefficient (Wildman–Crippen LogP) is 3.68. The summed E-state index contributed by atoms with van der Waals surface area (Å²) < 4.78 is 4.92. The van der Waals surface area contributed by atoms with Crippen LogP contribution < -0.4 is 4.90 Å². The van der Waals surface area contributed by atoms with E-state index >= 15 is 0 Å². The lowest BCUT2D eigenvalue weighted by molar-refractivity contribution is -0.149. The highest BCUT2D eigenvalue weighted by Crippen LogP contribution is 2.40. The largest absolute Gasteiger partial charge is 0.468 e. The Balaban J connectivity index is 2.00. The van der Waals surface area contributed by atoms with Crippen LogP contribution in [0.25, 0.3) is 5.57 Å². The van der Waals surface area contributed by atoms with Crippen molar-refractivity contribution in [2.24, 2.45) is 5.92 Å². The minimum absolute atomic E-state index is 0.191. The third-order valence-corrected chi connectivity index (χ3v) is 4.90. The molecule has 3 rings (SSSR count). The summed E-state index contributed by atoms with van der Waals surface area (Å²) in [5, 5.41) is 0. The zero-order valence-corrected chi connectivity index (χ0v) is 15.3. The summed E-state index contributed by atoms with van der Waals surface area (Å²) in [6.45, 7) is 0. The fraction of sp³-hybridized carbons (Fsp3) is 0.273. The van der Waals surface area contributed by atoms with Crippen LogP contribution >= 0.6 is 0 Å². The predicted molar refractivity (Wildman–Crippen MR) is 103 cm³/mol. The molecule has 0 radical (unpaired) electrons. The van der Waals surface area contributed by atoms with E-state index in [0.29, 0.717) is 6.42 Å². The van der Waals surface area contributed by atoms with Crippen LogP contribution in [0, 0.1) is 5.92 Å². The number of esters is 1. The van der Waals surface area contributed by atoms with Crippen molar-refractivity contribution in [3.63, 3.8) is 0 Å². The van der Waals surface area contributed by atoms with Gasteiger partial charge in [0.15, 0.2) is 5.78 Å². The molecule has 2 atom stereocenters. The fourth-order valence-electron chi connectivity index (χ4n) is 3.46. The molecule has 0 spiro atoms. The Morgan fingerprint density at radius 1 is 1.04 bits per heavy atom. The van der Waals surface area contributed by atoms with Gasteiger partial charge in [-0.05, 0) is 41.3 Å². The first-order valence-electron chi connectivity index (χ1n) is 8.66. The minimum atomic E-state index is -0.794. The zero-order valence-electron chi connectivity index (χ0n) is 15.3. The van der Waals surface area contributed by atoms with E-state index in [-0.39, 0.29) is 11.7 Å². The number of benzene rings is 2. The molecule has 0 N–H and O–H groups in total. The highest BCUT2D eigenvalue weighted by Gasteiger charge is 2.39. The first-order chi connectivity index (χ1) is 12.5. The Hall–Kier alpha value is -2.88. The van der Waals surface area contributed by atoms with Crippen molar-refractivity contribution in [2.45, 2.75) is 12.3 Å². The second kappa shape index (κ2) is 7.56. The molecule has 0 heterocycles. The SMILES string of the molecule is COC(=O)[C@@H]1C(=O)C=C(c2ccccc2)C[C@@H]1c1ccc(N(C)C)cc1. The number of methoxy groups -OCH3 is 1. The molecule has 0 saturated carbocycles. The lowest BCUT2D eigenvalue weighted by Crippen LogP contribution is -2.33. The van der Waals surface area contributed by atoms with Crippen LogP contribution in [0.1, 0.15) is 23.5 Å². The normalized spacial score (nSPS) is 19.7. The molecule has 26 heavy (non-hydrogen) atoms. The third-order valence-electron chi connectivity index (χ3n) is 4.90. The van der Waals surface area contributed by atoms with Gasteiger partial charge in [0.1, 0.15) is 5.92 Å². The van der Waals surface area contributed by atoms with Gasteiger partial charge in [-0.2, -0.15) is 0 Å². The lowest BCUT2D eigenvalue weighted by Gasteiger charge is -2.29. The number of ketones is 1. The topological polar surface area (TPSA) is 46.6 Å². The van der Waals surface area contributed by atoms with Crippen molar-refractivity contribution in [1.29, 1.82) is 0 Å². The Morgan fingerprint density at radius 2 is 1.69 bits per heavy atom. The summed E-state index contributed by atoms with van der Waals surface area (Å²) in [5.41, 5.74) is 4.02. The molecule has 4 heteroatoms. The van der Waals surface area contributed by atoms with Crippen LogP contribution in [0.5, 0.6) is 0 Å². The maximum atomic E-state index is 12.8. The van der Waals surface area contributed by atoms with Gasteiger partial charge in [0.05, 0.1) is 7.11 Å². The highest BCUT2D eigenvalue weighted by molar-refractivity contribution is 6.10. The van der Waals surface area contributed by atoms with Gasteiger partial charge >= 0.3 is 5.97 Å². The maximum absolute atomic E-state index is 12.8. The molecule has 1 aliphatic rings. The molecule has 0 aromatic heterocycles. The molecule has 0 aliphatic heterocycles. The third kappa shape index (κ3) is 3.54. The van der Waals surface area contributed by atoms with Crippen LogP contribution in [-0.4, -0.2) is 33.0 Å². The van der Waals surface area contributed by atoms with Crippen LogP contribution in [0.3, 0.4) is 0 Å². The average molecular weight is 349 g/mol. The molecule has 2 aromatic carbocycles. The zero-order chi connectivity index (χ0) is 18.7. The minimum Gasteiger partial charge on any atom is -0.468 e. The van der Waals surface area contributed by atoms with Gasteiger partial charge < -0.3 is 9.64 Å². The molecule has 134 valence electrons. The van der Waals surface area contributed by atoms with Crippen molar-refractivity contribution < 1.29 is 14.3 Å². The number of rotatable bonds is 4. The van der Waals surface area contributed by atoms with Gasteiger partial charge in [0.25, 0.3) is 0 Å². The first-order valence-corrected chi connectivity index (χ1v) is 8.66. The van der Waals surface area contributed by atoms with Gasteiger partial charge in [-0.3, -0.25) is 9.59 Å². The molecule has 2 aromatic rings. The van der Waals surface area contributed by atoms with E-state index in [0.717, 1.165) is 22.4 Å². The number of hydrogen-bond donors (Lipinski definition) is 0. The van der Waals surface area contributed by atoms with Gasteiger partial charge in [-0.25, -0.2) is 0 Å². The monoisotopic (exact) mass is 349 g/mol. The summed E-state index contributed by atoms with van der Waals surface area (Å²) in [4.78, 5) is 27.1. The first kappa shape index (κ1) is 17.9. The summed E-state index contributed by atoms with van der Waals surface area (Å²) >= 11 is 0. The van der Waals surface area contributed by atoms with E-state index in [4.69, 9.17) is 4.74 Å². The second-order valence-corrected chi connectivity index (χ2v) is 6.74. The number of hydrogen-bond acceptors (Lipinski definition) is 4. The number of carbonyl (C=O) groups excluding carboxylic acids is 2. The number of ether oxygens (including phenoxy) is 1. The molecule has 0 unspecified atom stereocenters. The van der Waals surface area contributed by atoms with E-state index in [1.165, 1.54) is 7.11 Å². The Kier molecular flexibility index (Phi) is 5.21. The molecular formula is C22H23NO3. The lowest BCUT2D eigenvalue weighted by atomic mass is 9.73. The summed E-state index contributed by atoms with van der Waals surface area (Å²) in [7, 11) is 5.29. The van der Waals surface area contributed by atoms with Gasteiger partial charge in [-0.15, -0.1) is 0 Å². The molecule has 1 aliphatic carbocycles. The van der Waals surface area contributed by atoms with Crippen molar-refractivity contribution >= 4 is 23.0 Å². The van der Waals surface area contributed by atoms with Crippen LogP contribution in [0.15, 0.2) is 60.7 Å². The van der Waals surface area contributed by atoms with Crippen molar-refractivity contribution in [3.05, 3.63) is 71.8 Å². The van der Waals surface area contributed by atoms with Gasteiger partial charge in [0.2, 0.25) is 0 Å². The Labute approximate surface area is 154 Å². The van der Waals surface area contributed by atoms with E-state index in [9.17, 15) is 9.59 Å². The van der Waals surface area contributed by atoms with Crippen molar-refractivity contribution in [3.8, 4) is 0 Å². The van der Waals surface area contributed by atoms with Crippen molar-refractivity contribution in [1.82, 2.24) is 0 Å². The second-order valence-electron chi connectivity index (χ2n) is 6.74. The number of nitrogens with zero attached hydrogens (tertiary/aromatic N) is 1. The smallest absolute Gasteiger partial charge is 0.317 e. The fourth-order valence-corrected chi connectivity index (χ4v) is 3.46. The summed E-state index contributed by atoms with van der Waals surface area (Å²) in [6, 6.07) is 17.8. The van der Waals surface area contributed by atoms with Crippen molar-refractivity contribution in [2.75, 3.05) is 26.1 Å². The van der Waals surface area contributed by atoms with E-state index in [1.807, 2.05) is 73.6 Å². The summed E-state index contributed by atoms with van der Waals surface area (Å²) in [6.07, 6.45) is 2.22. The quantitative estimate of drug-likeness (QED) is 0.624. The highest BCUT2D eigenvalue weighted by atomic mass is 16.5. The van der Waals surface area contributed by atoms with E-state index < -0.39 is 11.9 Å². The standard InChI is InChI=1S/C22H23NO3/c1-23(2)18-11-9-16(10-12-18)19-13-17(15-7-5-4-6-8-15)14-20(24)21(19)22(25)26-3/h4-12,14,19,21H,13H2,1-3H3/t19-,21+/m1/s1. The molecule has 0 amide bonds.